The van der Waals surface area contributed by atoms with Gasteiger partial charge in [0.15, 0.2) is 11.5 Å². The molecular weight excluding hydrogens is 372 g/mol. The summed E-state index contributed by atoms with van der Waals surface area (Å²) in [7, 11) is 0. The Morgan fingerprint density at radius 1 is 1.14 bits per heavy atom. The van der Waals surface area contributed by atoms with Gasteiger partial charge in [-0.1, -0.05) is 6.07 Å². The van der Waals surface area contributed by atoms with Gasteiger partial charge in [0.1, 0.15) is 0 Å². The van der Waals surface area contributed by atoms with Gasteiger partial charge in [0.25, 0.3) is 0 Å². The predicted octanol–water partition coefficient (Wildman–Crippen LogP) is 1.64. The predicted molar refractivity (Wildman–Crippen MR) is 108 cm³/mol. The highest BCUT2D eigenvalue weighted by Gasteiger charge is 2.37. The highest BCUT2D eigenvalue weighted by molar-refractivity contribution is 5.82. The number of nitrogens with zero attached hydrogens (tertiary/aromatic N) is 3. The summed E-state index contributed by atoms with van der Waals surface area (Å²) in [6.45, 7) is 10.8. The second-order valence-corrected chi connectivity index (χ2v) is 8.98. The number of benzene rings is 1. The molecule has 2 saturated heterocycles. The van der Waals surface area contributed by atoms with Crippen LogP contribution >= 0.6 is 0 Å². The van der Waals surface area contributed by atoms with E-state index in [4.69, 9.17) is 9.47 Å². The van der Waals surface area contributed by atoms with Crippen LogP contribution in [0.1, 0.15) is 32.8 Å². The lowest BCUT2D eigenvalue weighted by atomic mass is 10.1. The number of carbonyl (C=O) groups excluding carboxylic acids is 2. The number of hydrogen-bond acceptors (Lipinski definition) is 5. The summed E-state index contributed by atoms with van der Waals surface area (Å²) in [5.74, 6) is 1.71. The third-order valence-electron chi connectivity index (χ3n) is 5.77. The van der Waals surface area contributed by atoms with Crippen LogP contribution in [0.15, 0.2) is 18.2 Å². The van der Waals surface area contributed by atoms with Gasteiger partial charge in [-0.05, 0) is 38.5 Å². The van der Waals surface area contributed by atoms with Crippen LogP contribution in [-0.2, 0) is 11.3 Å². The van der Waals surface area contributed by atoms with Gasteiger partial charge in [-0.25, -0.2) is 4.79 Å². The minimum Gasteiger partial charge on any atom is -0.454 e. The Balaban J connectivity index is 1.24. The molecule has 8 nitrogen and oxygen atoms in total. The topological polar surface area (TPSA) is 74.4 Å². The number of ether oxygens (including phenoxy) is 2. The number of rotatable bonds is 3. The van der Waals surface area contributed by atoms with Crippen molar-refractivity contribution >= 4 is 11.9 Å². The molecule has 4 rings (SSSR count). The summed E-state index contributed by atoms with van der Waals surface area (Å²) in [5.41, 5.74) is 0.968. The SMILES string of the molecule is CC(C)(C)N1CC(NC(=O)N2CCN(Cc3ccc4c(c3)OCO4)CC2)CC1=O. The molecule has 0 aromatic heterocycles. The first-order chi connectivity index (χ1) is 13.8. The van der Waals surface area contributed by atoms with Gasteiger partial charge in [0, 0.05) is 51.2 Å². The van der Waals surface area contributed by atoms with Crippen molar-refractivity contribution in [3.63, 3.8) is 0 Å². The van der Waals surface area contributed by atoms with E-state index in [1.165, 1.54) is 5.56 Å². The van der Waals surface area contributed by atoms with E-state index in [0.717, 1.165) is 31.1 Å². The van der Waals surface area contributed by atoms with Crippen LogP contribution < -0.4 is 14.8 Å². The molecule has 2 fully saturated rings. The molecule has 1 N–H and O–H groups in total. The molecule has 0 spiro atoms. The molecule has 0 aliphatic carbocycles. The molecule has 1 aromatic carbocycles. The molecule has 8 heteroatoms. The molecule has 1 unspecified atom stereocenters. The van der Waals surface area contributed by atoms with Gasteiger partial charge in [-0.2, -0.15) is 0 Å². The van der Waals surface area contributed by atoms with Gasteiger partial charge < -0.3 is 24.6 Å². The molecule has 3 heterocycles. The first kappa shape index (κ1) is 19.8. The Labute approximate surface area is 171 Å². The normalized spacial score (nSPS) is 22.3. The fourth-order valence-corrected chi connectivity index (χ4v) is 4.12. The highest BCUT2D eigenvalue weighted by atomic mass is 16.7. The van der Waals surface area contributed by atoms with E-state index >= 15 is 0 Å². The first-order valence-electron chi connectivity index (χ1n) is 10.3. The molecule has 29 heavy (non-hydrogen) atoms. The average Bonchev–Trinajstić information content (AvgIpc) is 3.27. The van der Waals surface area contributed by atoms with Crippen molar-refractivity contribution < 1.29 is 19.1 Å². The molecule has 1 aromatic rings. The molecule has 0 bridgehead atoms. The zero-order valence-electron chi connectivity index (χ0n) is 17.4. The average molecular weight is 402 g/mol. The van der Waals surface area contributed by atoms with Gasteiger partial charge >= 0.3 is 6.03 Å². The number of nitrogens with one attached hydrogen (secondary N) is 1. The smallest absolute Gasteiger partial charge is 0.317 e. The third-order valence-corrected chi connectivity index (χ3v) is 5.77. The van der Waals surface area contributed by atoms with E-state index < -0.39 is 0 Å². The van der Waals surface area contributed by atoms with E-state index in [1.54, 1.807) is 0 Å². The van der Waals surface area contributed by atoms with Crippen LogP contribution in [-0.4, -0.2) is 77.7 Å². The molecule has 0 radical (unpaired) electrons. The molecule has 1 atom stereocenters. The van der Waals surface area contributed by atoms with Crippen LogP contribution in [0, 0.1) is 0 Å². The van der Waals surface area contributed by atoms with Crippen molar-refractivity contribution in [3.05, 3.63) is 23.8 Å². The zero-order chi connectivity index (χ0) is 20.6. The Morgan fingerprint density at radius 3 is 2.55 bits per heavy atom. The van der Waals surface area contributed by atoms with E-state index in [2.05, 4.69) is 16.3 Å². The third kappa shape index (κ3) is 4.42. The second-order valence-electron chi connectivity index (χ2n) is 8.98. The summed E-state index contributed by atoms with van der Waals surface area (Å²) >= 11 is 0. The molecule has 3 aliphatic rings. The van der Waals surface area contributed by atoms with E-state index in [0.29, 0.717) is 26.1 Å². The molecule has 3 aliphatic heterocycles. The highest BCUT2D eigenvalue weighted by Crippen LogP contribution is 2.32. The Kier molecular flexibility index (Phi) is 5.29. The van der Waals surface area contributed by atoms with Crippen molar-refractivity contribution in [1.29, 1.82) is 0 Å². The van der Waals surface area contributed by atoms with Crippen molar-refractivity contribution in [2.45, 2.75) is 45.3 Å². The summed E-state index contributed by atoms with van der Waals surface area (Å²) in [5, 5.41) is 3.05. The number of carbonyl (C=O) groups is 2. The maximum Gasteiger partial charge on any atom is 0.317 e. The maximum atomic E-state index is 12.6. The number of amides is 3. The standard InChI is InChI=1S/C21H30N4O4/c1-21(2,3)25-13-16(11-19(25)26)22-20(27)24-8-6-23(7-9-24)12-15-4-5-17-18(10-15)29-14-28-17/h4-5,10,16H,6-9,11-14H2,1-3H3,(H,22,27). The van der Waals surface area contributed by atoms with Gasteiger partial charge in [-0.3, -0.25) is 9.69 Å². The minimum atomic E-state index is -0.211. The second kappa shape index (κ2) is 7.74. The summed E-state index contributed by atoms with van der Waals surface area (Å²) in [4.78, 5) is 30.9. The van der Waals surface area contributed by atoms with E-state index in [9.17, 15) is 9.59 Å². The van der Waals surface area contributed by atoms with Crippen molar-refractivity contribution in [2.24, 2.45) is 0 Å². The van der Waals surface area contributed by atoms with Crippen molar-refractivity contribution in [2.75, 3.05) is 39.5 Å². The first-order valence-corrected chi connectivity index (χ1v) is 10.3. The van der Waals surface area contributed by atoms with Gasteiger partial charge in [0.05, 0.1) is 6.04 Å². The number of hydrogen-bond donors (Lipinski definition) is 1. The summed E-state index contributed by atoms with van der Waals surface area (Å²) in [6.07, 6.45) is 0.382. The van der Waals surface area contributed by atoms with Crippen molar-refractivity contribution in [1.82, 2.24) is 20.0 Å². The number of likely N-dealkylation sites (tertiary alicyclic amines) is 1. The minimum absolute atomic E-state index is 0.0683. The lowest BCUT2D eigenvalue weighted by molar-refractivity contribution is -0.131. The summed E-state index contributed by atoms with van der Waals surface area (Å²) in [6, 6.07) is 5.86. The number of fused-ring (bicyclic) bond motifs is 1. The van der Waals surface area contributed by atoms with Crippen LogP contribution in [0.3, 0.4) is 0 Å². The lowest BCUT2D eigenvalue weighted by Crippen LogP contribution is -2.53. The number of piperazine rings is 1. The van der Waals surface area contributed by atoms with Crippen molar-refractivity contribution in [3.8, 4) is 11.5 Å². The fourth-order valence-electron chi connectivity index (χ4n) is 4.12. The zero-order valence-corrected chi connectivity index (χ0v) is 17.4. The molecule has 158 valence electrons. The van der Waals surface area contributed by atoms with E-state index in [1.807, 2.05) is 42.7 Å². The van der Waals surface area contributed by atoms with Gasteiger partial charge in [0.2, 0.25) is 12.7 Å². The quantitative estimate of drug-likeness (QED) is 0.832. The largest absolute Gasteiger partial charge is 0.454 e. The molecule has 3 amide bonds. The summed E-state index contributed by atoms with van der Waals surface area (Å²) < 4.78 is 10.8. The lowest BCUT2D eigenvalue weighted by Gasteiger charge is -2.35. The van der Waals surface area contributed by atoms with Gasteiger partial charge in [-0.15, -0.1) is 0 Å². The molecular formula is C21H30N4O4. The number of urea groups is 1. The fraction of sp³-hybridized carbons (Fsp3) is 0.619. The Bertz CT molecular complexity index is 783. The van der Waals surface area contributed by atoms with Crippen LogP contribution in [0.5, 0.6) is 11.5 Å². The van der Waals surface area contributed by atoms with Crippen LogP contribution in [0.2, 0.25) is 0 Å². The maximum absolute atomic E-state index is 12.6. The molecule has 0 saturated carbocycles. The monoisotopic (exact) mass is 402 g/mol. The Hall–Kier alpha value is -2.48. The van der Waals surface area contributed by atoms with Crippen LogP contribution in [0.4, 0.5) is 4.79 Å². The van der Waals surface area contributed by atoms with Crippen LogP contribution in [0.25, 0.3) is 0 Å². The van der Waals surface area contributed by atoms with E-state index in [-0.39, 0.29) is 30.3 Å². The Morgan fingerprint density at radius 2 is 1.86 bits per heavy atom.